The number of rotatable bonds is 5. The lowest BCUT2D eigenvalue weighted by Crippen LogP contribution is -2.30. The molecular weight excluding hydrogens is 332 g/mol. The summed E-state index contributed by atoms with van der Waals surface area (Å²) >= 11 is 1.45. The fourth-order valence-corrected chi connectivity index (χ4v) is 3.71. The number of hydrogen-bond acceptors (Lipinski definition) is 5. The van der Waals surface area contributed by atoms with Crippen LogP contribution in [0.2, 0.25) is 0 Å². The van der Waals surface area contributed by atoms with Crippen LogP contribution in [0.1, 0.15) is 31.1 Å². The van der Waals surface area contributed by atoms with Crippen LogP contribution in [0.5, 0.6) is 0 Å². The average Bonchev–Trinajstić information content (AvgIpc) is 2.88. The normalized spacial score (nSPS) is 20.4. The fraction of sp³-hybridized carbons (Fsp3) is 0.500. The van der Waals surface area contributed by atoms with E-state index in [4.69, 9.17) is 0 Å². The highest BCUT2D eigenvalue weighted by Gasteiger charge is 2.38. The van der Waals surface area contributed by atoms with Gasteiger partial charge in [0.15, 0.2) is 0 Å². The monoisotopic (exact) mass is 352 g/mol. The van der Waals surface area contributed by atoms with Crippen LogP contribution in [-0.4, -0.2) is 45.1 Å². The summed E-state index contributed by atoms with van der Waals surface area (Å²) in [6.45, 7) is 6.20. The van der Waals surface area contributed by atoms with Crippen molar-refractivity contribution in [3.05, 3.63) is 33.9 Å². The van der Waals surface area contributed by atoms with E-state index in [1.54, 1.807) is 13.0 Å². The molecule has 7 nitrogen and oxygen atoms in total. The summed E-state index contributed by atoms with van der Waals surface area (Å²) in [5.41, 5.74) is 0.120. The number of carboxylic acids is 1. The molecule has 0 spiro atoms. The number of likely N-dealkylation sites (tertiary alicyclic amines) is 1. The van der Waals surface area contributed by atoms with Crippen molar-refractivity contribution in [3.8, 4) is 0 Å². The maximum absolute atomic E-state index is 12.8. The Morgan fingerprint density at radius 2 is 2.04 bits per heavy atom. The summed E-state index contributed by atoms with van der Waals surface area (Å²) in [5, 5.41) is 20.4. The molecule has 1 N–H and O–H groups in total. The first-order valence-corrected chi connectivity index (χ1v) is 8.55. The van der Waals surface area contributed by atoms with Gasteiger partial charge in [-0.05, 0) is 12.0 Å². The zero-order valence-corrected chi connectivity index (χ0v) is 14.6. The molecule has 0 aliphatic carbocycles. The van der Waals surface area contributed by atoms with Gasteiger partial charge in [-0.3, -0.25) is 19.7 Å². The summed E-state index contributed by atoms with van der Waals surface area (Å²) in [6, 6.07) is 4.25. The molecule has 0 aromatic heterocycles. The molecule has 1 aliphatic heterocycles. The number of thioether (sulfide) groups is 1. The number of nitro groups is 1. The van der Waals surface area contributed by atoms with Crippen molar-refractivity contribution in [1.82, 2.24) is 4.90 Å². The molecular formula is C16H20N2O5S. The second-order valence-corrected chi connectivity index (χ2v) is 7.85. The lowest BCUT2D eigenvalue weighted by atomic mass is 9.99. The Bertz CT molecular complexity index is 676. The Labute approximate surface area is 144 Å². The highest BCUT2D eigenvalue weighted by atomic mass is 32.2. The third kappa shape index (κ3) is 3.87. The molecule has 0 saturated carbocycles. The van der Waals surface area contributed by atoms with Crippen molar-refractivity contribution < 1.29 is 19.6 Å². The molecule has 1 heterocycles. The molecule has 0 radical (unpaired) electrons. The molecule has 1 aromatic rings. The maximum Gasteiger partial charge on any atom is 0.308 e. The maximum atomic E-state index is 12.8. The smallest absolute Gasteiger partial charge is 0.308 e. The molecule has 1 fully saturated rings. The van der Waals surface area contributed by atoms with Crippen molar-refractivity contribution in [2.75, 3.05) is 13.1 Å². The van der Waals surface area contributed by atoms with E-state index in [1.165, 1.54) is 28.8 Å². The molecule has 130 valence electrons. The molecule has 1 aliphatic rings. The van der Waals surface area contributed by atoms with Crippen LogP contribution in [0.3, 0.4) is 0 Å². The van der Waals surface area contributed by atoms with Crippen LogP contribution < -0.4 is 0 Å². The third-order valence-electron chi connectivity index (χ3n) is 3.98. The Kier molecular flexibility index (Phi) is 5.48. The summed E-state index contributed by atoms with van der Waals surface area (Å²) in [6.07, 6.45) is 0. The van der Waals surface area contributed by atoms with Crippen molar-refractivity contribution in [2.45, 2.75) is 30.9 Å². The Morgan fingerprint density at radius 3 is 2.54 bits per heavy atom. The summed E-state index contributed by atoms with van der Waals surface area (Å²) in [4.78, 5) is 36.7. The number of carboxylic acid groups (broad SMARTS) is 1. The van der Waals surface area contributed by atoms with Crippen LogP contribution in [0.15, 0.2) is 23.1 Å². The first kappa shape index (κ1) is 18.3. The van der Waals surface area contributed by atoms with Gasteiger partial charge in [-0.2, -0.15) is 0 Å². The molecule has 24 heavy (non-hydrogen) atoms. The molecule has 2 rings (SSSR count). The zero-order valence-electron chi connectivity index (χ0n) is 13.8. The van der Waals surface area contributed by atoms with Gasteiger partial charge in [0.2, 0.25) is 0 Å². The molecule has 8 heteroatoms. The molecule has 1 amide bonds. The van der Waals surface area contributed by atoms with Gasteiger partial charge in [0.25, 0.3) is 11.6 Å². The minimum absolute atomic E-state index is 0.129. The van der Waals surface area contributed by atoms with Crippen LogP contribution in [0.4, 0.5) is 5.69 Å². The van der Waals surface area contributed by atoms with Crippen molar-refractivity contribution in [2.24, 2.45) is 11.8 Å². The molecule has 2 atom stereocenters. The van der Waals surface area contributed by atoms with E-state index < -0.39 is 16.8 Å². The standard InChI is InChI=1S/C16H20N2O5S/c1-9(2)24-14-5-4-11(18(22)23)6-12(14)15(19)17-7-10(3)13(8-17)16(20)21/h4-6,9-10,13H,7-8H2,1-3H3,(H,20,21)/t10-,13-/m1/s1. The minimum atomic E-state index is -0.923. The van der Waals surface area contributed by atoms with Gasteiger partial charge in [0.1, 0.15) is 0 Å². The fourth-order valence-electron chi connectivity index (χ4n) is 2.78. The predicted octanol–water partition coefficient (Wildman–Crippen LogP) is 2.89. The van der Waals surface area contributed by atoms with E-state index in [-0.39, 0.29) is 34.9 Å². The number of aliphatic carboxylic acids is 1. The summed E-state index contributed by atoms with van der Waals surface area (Å²) < 4.78 is 0. The minimum Gasteiger partial charge on any atom is -0.481 e. The molecule has 1 saturated heterocycles. The van der Waals surface area contributed by atoms with Crippen LogP contribution in [-0.2, 0) is 4.79 Å². The molecule has 1 aromatic carbocycles. The van der Waals surface area contributed by atoms with Gasteiger partial charge in [-0.25, -0.2) is 0 Å². The average molecular weight is 352 g/mol. The van der Waals surface area contributed by atoms with Crippen molar-refractivity contribution >= 4 is 29.3 Å². The van der Waals surface area contributed by atoms with Crippen molar-refractivity contribution in [3.63, 3.8) is 0 Å². The van der Waals surface area contributed by atoms with Crippen LogP contribution >= 0.6 is 11.8 Å². The van der Waals surface area contributed by atoms with Gasteiger partial charge >= 0.3 is 5.97 Å². The van der Waals surface area contributed by atoms with E-state index in [1.807, 2.05) is 13.8 Å². The first-order valence-electron chi connectivity index (χ1n) is 7.68. The Balaban J connectivity index is 2.34. The topological polar surface area (TPSA) is 101 Å². The zero-order chi connectivity index (χ0) is 18.0. The number of hydrogen-bond donors (Lipinski definition) is 1. The highest BCUT2D eigenvalue weighted by Crippen LogP contribution is 2.32. The number of carbonyl (C=O) groups excluding carboxylic acids is 1. The van der Waals surface area contributed by atoms with E-state index in [9.17, 15) is 24.8 Å². The highest BCUT2D eigenvalue weighted by molar-refractivity contribution is 8.00. The summed E-state index contributed by atoms with van der Waals surface area (Å²) in [5.74, 6) is -2.02. The van der Waals surface area contributed by atoms with Gasteiger partial charge in [0.05, 0.1) is 16.4 Å². The van der Waals surface area contributed by atoms with Gasteiger partial charge in [0, 0.05) is 35.4 Å². The van der Waals surface area contributed by atoms with Crippen LogP contribution in [0, 0.1) is 22.0 Å². The quantitative estimate of drug-likeness (QED) is 0.497. The summed E-state index contributed by atoms with van der Waals surface area (Å²) in [7, 11) is 0. The van der Waals surface area contributed by atoms with Gasteiger partial charge in [-0.15, -0.1) is 11.8 Å². The number of amides is 1. The SMILES string of the molecule is CC(C)Sc1ccc([N+](=O)[O-])cc1C(=O)N1C[C@@H](C)[C@H](C(=O)O)C1. The Hall–Kier alpha value is -2.09. The number of benzene rings is 1. The van der Waals surface area contributed by atoms with E-state index in [0.29, 0.717) is 11.4 Å². The largest absolute Gasteiger partial charge is 0.481 e. The van der Waals surface area contributed by atoms with E-state index in [2.05, 4.69) is 0 Å². The number of non-ortho nitro benzene ring substituents is 1. The number of carbonyl (C=O) groups is 2. The third-order valence-corrected chi connectivity index (χ3v) is 5.07. The predicted molar refractivity (Wildman–Crippen MR) is 90.3 cm³/mol. The second-order valence-electron chi connectivity index (χ2n) is 6.24. The second kappa shape index (κ2) is 7.21. The first-order chi connectivity index (χ1) is 11.2. The van der Waals surface area contributed by atoms with Crippen molar-refractivity contribution in [1.29, 1.82) is 0 Å². The van der Waals surface area contributed by atoms with E-state index in [0.717, 1.165) is 0 Å². The Morgan fingerprint density at radius 1 is 1.38 bits per heavy atom. The van der Waals surface area contributed by atoms with Gasteiger partial charge < -0.3 is 10.0 Å². The number of nitrogens with zero attached hydrogens (tertiary/aromatic N) is 2. The molecule has 0 unspecified atom stereocenters. The van der Waals surface area contributed by atoms with E-state index >= 15 is 0 Å². The lowest BCUT2D eigenvalue weighted by molar-refractivity contribution is -0.384. The van der Waals surface area contributed by atoms with Crippen LogP contribution in [0.25, 0.3) is 0 Å². The number of nitro benzene ring substituents is 1. The molecule has 0 bridgehead atoms. The van der Waals surface area contributed by atoms with Gasteiger partial charge in [-0.1, -0.05) is 20.8 Å². The lowest BCUT2D eigenvalue weighted by Gasteiger charge is -2.18.